The van der Waals surface area contributed by atoms with Gasteiger partial charge in [0, 0.05) is 23.0 Å². The SMILES string of the molecule is COc1cc(C2COc3c(ccc(O)c3C)C2c2ccc(O)cc2)cc(OC)c1O. The first-order chi connectivity index (χ1) is 14.4. The molecular formula is C24H24O6. The molecule has 2 unspecified atom stereocenters. The summed E-state index contributed by atoms with van der Waals surface area (Å²) in [5.74, 6) is 1.41. The normalized spacial score (nSPS) is 17.7. The summed E-state index contributed by atoms with van der Waals surface area (Å²) in [5.41, 5.74) is 3.52. The number of rotatable bonds is 4. The lowest BCUT2D eigenvalue weighted by atomic mass is 9.75. The monoisotopic (exact) mass is 408 g/mol. The summed E-state index contributed by atoms with van der Waals surface area (Å²) < 4.78 is 16.8. The van der Waals surface area contributed by atoms with Crippen molar-refractivity contribution in [1.29, 1.82) is 0 Å². The van der Waals surface area contributed by atoms with Gasteiger partial charge in [-0.2, -0.15) is 0 Å². The molecule has 3 N–H and O–H groups in total. The zero-order valence-corrected chi connectivity index (χ0v) is 17.0. The molecule has 1 aliphatic heterocycles. The third-order valence-corrected chi connectivity index (χ3v) is 5.73. The van der Waals surface area contributed by atoms with E-state index in [1.54, 1.807) is 30.3 Å². The number of phenols is 3. The molecule has 6 heteroatoms. The summed E-state index contributed by atoms with van der Waals surface area (Å²) in [6, 6.07) is 14.2. The highest BCUT2D eigenvalue weighted by Crippen LogP contribution is 2.50. The molecule has 0 saturated heterocycles. The molecule has 0 aromatic heterocycles. The molecule has 3 aromatic carbocycles. The maximum atomic E-state index is 10.3. The van der Waals surface area contributed by atoms with Gasteiger partial charge in [0.05, 0.1) is 20.8 Å². The molecule has 4 rings (SSSR count). The standard InChI is InChI=1S/C24H24O6/c1-13-19(26)9-8-17-22(14-4-6-16(25)7-5-14)18(12-30-24(13)17)15-10-20(28-2)23(27)21(11-15)29-3/h4-11,18,22,25-27H,12H2,1-3H3. The van der Waals surface area contributed by atoms with Crippen molar-refractivity contribution >= 4 is 0 Å². The second-order valence-corrected chi connectivity index (χ2v) is 7.39. The van der Waals surface area contributed by atoms with Crippen LogP contribution in [0.25, 0.3) is 0 Å². The van der Waals surface area contributed by atoms with E-state index >= 15 is 0 Å². The van der Waals surface area contributed by atoms with E-state index in [4.69, 9.17) is 14.2 Å². The molecule has 3 aromatic rings. The Morgan fingerprint density at radius 3 is 2.10 bits per heavy atom. The average molecular weight is 408 g/mol. The molecule has 156 valence electrons. The molecule has 0 fully saturated rings. The highest BCUT2D eigenvalue weighted by Gasteiger charge is 2.35. The molecule has 6 nitrogen and oxygen atoms in total. The van der Waals surface area contributed by atoms with Crippen molar-refractivity contribution in [2.45, 2.75) is 18.8 Å². The van der Waals surface area contributed by atoms with Crippen LogP contribution in [0, 0.1) is 6.92 Å². The molecule has 0 spiro atoms. The minimum absolute atomic E-state index is 0.0529. The molecular weight excluding hydrogens is 384 g/mol. The fourth-order valence-electron chi connectivity index (χ4n) is 4.13. The lowest BCUT2D eigenvalue weighted by Gasteiger charge is -2.35. The lowest BCUT2D eigenvalue weighted by Crippen LogP contribution is -2.26. The molecule has 0 aliphatic carbocycles. The van der Waals surface area contributed by atoms with Crippen LogP contribution in [0.2, 0.25) is 0 Å². The van der Waals surface area contributed by atoms with Crippen molar-refractivity contribution in [1.82, 2.24) is 0 Å². The van der Waals surface area contributed by atoms with Crippen LogP contribution in [-0.4, -0.2) is 36.1 Å². The lowest BCUT2D eigenvalue weighted by molar-refractivity contribution is 0.244. The van der Waals surface area contributed by atoms with Crippen molar-refractivity contribution in [3.63, 3.8) is 0 Å². The number of methoxy groups -OCH3 is 2. The Labute approximate surface area is 174 Å². The van der Waals surface area contributed by atoms with Gasteiger partial charge >= 0.3 is 0 Å². The zero-order chi connectivity index (χ0) is 21.4. The Morgan fingerprint density at radius 2 is 1.50 bits per heavy atom. The smallest absolute Gasteiger partial charge is 0.200 e. The summed E-state index contributed by atoms with van der Waals surface area (Å²) in [4.78, 5) is 0. The number of benzene rings is 3. The Morgan fingerprint density at radius 1 is 0.867 bits per heavy atom. The van der Waals surface area contributed by atoms with Gasteiger partial charge in [-0.3, -0.25) is 0 Å². The largest absolute Gasteiger partial charge is 0.508 e. The summed E-state index contributed by atoms with van der Waals surface area (Å²) in [7, 11) is 2.99. The van der Waals surface area contributed by atoms with Gasteiger partial charge in [0.25, 0.3) is 0 Å². The number of hydrogen-bond acceptors (Lipinski definition) is 6. The van der Waals surface area contributed by atoms with E-state index in [2.05, 4.69) is 0 Å². The maximum absolute atomic E-state index is 10.3. The second-order valence-electron chi connectivity index (χ2n) is 7.39. The van der Waals surface area contributed by atoms with E-state index in [-0.39, 0.29) is 29.1 Å². The first-order valence-corrected chi connectivity index (χ1v) is 9.63. The van der Waals surface area contributed by atoms with Gasteiger partial charge in [-0.05, 0) is 48.4 Å². The topological polar surface area (TPSA) is 88.4 Å². The van der Waals surface area contributed by atoms with E-state index in [9.17, 15) is 15.3 Å². The minimum atomic E-state index is -0.116. The first-order valence-electron chi connectivity index (χ1n) is 9.63. The summed E-state index contributed by atoms with van der Waals surface area (Å²) in [6.07, 6.45) is 0. The molecule has 1 heterocycles. The Hall–Kier alpha value is -3.54. The van der Waals surface area contributed by atoms with E-state index < -0.39 is 0 Å². The Kier molecular flexibility index (Phi) is 5.08. The van der Waals surface area contributed by atoms with Gasteiger partial charge < -0.3 is 29.5 Å². The van der Waals surface area contributed by atoms with Crippen molar-refractivity contribution in [2.24, 2.45) is 0 Å². The van der Waals surface area contributed by atoms with E-state index in [0.29, 0.717) is 29.4 Å². The number of ether oxygens (including phenoxy) is 3. The minimum Gasteiger partial charge on any atom is -0.508 e. The Bertz CT molecular complexity index is 1050. The van der Waals surface area contributed by atoms with Crippen LogP contribution in [0.15, 0.2) is 48.5 Å². The summed E-state index contributed by atoms with van der Waals surface area (Å²) in [6.45, 7) is 2.19. The second kappa shape index (κ2) is 7.71. The number of phenolic OH excluding ortho intramolecular Hbond substituents is 3. The van der Waals surface area contributed by atoms with Gasteiger partial charge in [0.1, 0.15) is 17.2 Å². The molecule has 0 saturated carbocycles. The van der Waals surface area contributed by atoms with Crippen molar-refractivity contribution in [3.8, 4) is 34.5 Å². The molecule has 30 heavy (non-hydrogen) atoms. The van der Waals surface area contributed by atoms with Gasteiger partial charge in [-0.25, -0.2) is 0 Å². The highest BCUT2D eigenvalue weighted by molar-refractivity contribution is 5.58. The van der Waals surface area contributed by atoms with Crippen LogP contribution >= 0.6 is 0 Å². The van der Waals surface area contributed by atoms with Gasteiger partial charge in [-0.15, -0.1) is 0 Å². The zero-order valence-electron chi connectivity index (χ0n) is 17.0. The van der Waals surface area contributed by atoms with Crippen LogP contribution < -0.4 is 14.2 Å². The predicted molar refractivity (Wildman–Crippen MR) is 112 cm³/mol. The van der Waals surface area contributed by atoms with E-state index in [1.807, 2.05) is 25.1 Å². The van der Waals surface area contributed by atoms with Crippen molar-refractivity contribution in [3.05, 3.63) is 70.8 Å². The van der Waals surface area contributed by atoms with Gasteiger partial charge in [0.2, 0.25) is 5.75 Å². The number of aromatic hydroxyl groups is 3. The fraction of sp³-hybridized carbons (Fsp3) is 0.250. The highest BCUT2D eigenvalue weighted by atomic mass is 16.5. The number of hydrogen-bond donors (Lipinski definition) is 3. The van der Waals surface area contributed by atoms with Crippen molar-refractivity contribution in [2.75, 3.05) is 20.8 Å². The molecule has 0 amide bonds. The molecule has 0 bridgehead atoms. The molecule has 0 radical (unpaired) electrons. The average Bonchev–Trinajstić information content (AvgIpc) is 2.76. The van der Waals surface area contributed by atoms with E-state index in [0.717, 1.165) is 16.7 Å². The van der Waals surface area contributed by atoms with Crippen molar-refractivity contribution < 1.29 is 29.5 Å². The summed E-state index contributed by atoms with van der Waals surface area (Å²) >= 11 is 0. The Balaban J connectivity index is 1.91. The van der Waals surface area contributed by atoms with Crippen LogP contribution in [0.4, 0.5) is 0 Å². The fourth-order valence-corrected chi connectivity index (χ4v) is 4.13. The molecule has 2 atom stereocenters. The first kappa shape index (κ1) is 19.8. The predicted octanol–water partition coefficient (Wildman–Crippen LogP) is 4.44. The third-order valence-electron chi connectivity index (χ3n) is 5.73. The van der Waals surface area contributed by atoms with Crippen LogP contribution in [0.3, 0.4) is 0 Å². The van der Waals surface area contributed by atoms with Crippen LogP contribution in [0.1, 0.15) is 34.1 Å². The van der Waals surface area contributed by atoms with E-state index in [1.165, 1.54) is 14.2 Å². The number of fused-ring (bicyclic) bond motifs is 1. The van der Waals surface area contributed by atoms with Crippen LogP contribution in [-0.2, 0) is 0 Å². The molecule has 1 aliphatic rings. The van der Waals surface area contributed by atoms with Gasteiger partial charge in [-0.1, -0.05) is 18.2 Å². The maximum Gasteiger partial charge on any atom is 0.200 e. The summed E-state index contributed by atoms with van der Waals surface area (Å²) in [5, 5.41) is 30.2. The van der Waals surface area contributed by atoms with Gasteiger partial charge in [0.15, 0.2) is 11.5 Å². The third kappa shape index (κ3) is 3.24. The van der Waals surface area contributed by atoms with Crippen LogP contribution in [0.5, 0.6) is 34.5 Å². The quantitative estimate of drug-likeness (QED) is 0.592.